The van der Waals surface area contributed by atoms with E-state index in [4.69, 9.17) is 0 Å². The summed E-state index contributed by atoms with van der Waals surface area (Å²) in [5, 5.41) is 15.5. The van der Waals surface area contributed by atoms with Crippen LogP contribution in [-0.4, -0.2) is 0 Å². The van der Waals surface area contributed by atoms with E-state index in [2.05, 4.69) is 507 Å². The van der Waals surface area contributed by atoms with Crippen molar-refractivity contribution in [3.05, 3.63) is 484 Å². The Balaban J connectivity index is 0.000000150. The van der Waals surface area contributed by atoms with Crippen molar-refractivity contribution >= 4 is 174 Å². The first-order chi connectivity index (χ1) is 62.8. The van der Waals surface area contributed by atoms with Gasteiger partial charge < -0.3 is 19.6 Å². The zero-order valence-corrected chi connectivity index (χ0v) is 72.2. The van der Waals surface area contributed by atoms with Gasteiger partial charge in [0, 0.05) is 113 Å². The maximum Gasteiger partial charge on any atom is 0.0540 e. The third-order valence-electron chi connectivity index (χ3n) is 24.9. The highest BCUT2D eigenvalue weighted by Crippen LogP contribution is 2.53. The fourth-order valence-electron chi connectivity index (χ4n) is 19.2. The molecule has 127 heavy (non-hydrogen) atoms. The van der Waals surface area contributed by atoms with Crippen LogP contribution < -0.4 is 19.6 Å². The summed E-state index contributed by atoms with van der Waals surface area (Å²) in [6.07, 6.45) is 0. The Morgan fingerprint density at radius 2 is 0.441 bits per heavy atom. The molecule has 2 aromatic heterocycles. The Kier molecular flexibility index (Phi) is 20.4. The van der Waals surface area contributed by atoms with Gasteiger partial charge in [0.25, 0.3) is 0 Å². The van der Waals surface area contributed by atoms with Gasteiger partial charge in [-0.15, -0.1) is 22.7 Å². The third-order valence-corrected chi connectivity index (χ3v) is 27.3. The molecule has 0 aliphatic carbocycles. The topological polar surface area (TPSA) is 13.0 Å². The molecule has 0 saturated heterocycles. The second-order valence-electron chi connectivity index (χ2n) is 32.8. The van der Waals surface area contributed by atoms with E-state index >= 15 is 0 Å². The molecule has 21 aromatic carbocycles. The summed E-state index contributed by atoms with van der Waals surface area (Å²) >= 11 is 3.81. The van der Waals surface area contributed by atoms with Crippen molar-refractivity contribution in [2.24, 2.45) is 0 Å². The average Bonchev–Trinajstić information content (AvgIpc) is 1.59. The number of nitrogens with zero attached hydrogens (tertiary/aromatic N) is 4. The van der Waals surface area contributed by atoms with Crippen LogP contribution in [0.15, 0.2) is 467 Å². The largest absolute Gasteiger partial charge is 0.310 e. The molecule has 23 aromatic rings. The Labute approximate surface area is 748 Å². The van der Waals surface area contributed by atoms with Gasteiger partial charge in [-0.25, -0.2) is 0 Å². The molecule has 4 nitrogen and oxygen atoms in total. The van der Waals surface area contributed by atoms with E-state index in [-0.39, 0.29) is 0 Å². The Hall–Kier alpha value is -15.7. The molecule has 0 amide bonds. The number of benzene rings is 21. The average molecular weight is 1660 g/mol. The Morgan fingerprint density at radius 3 is 0.803 bits per heavy atom. The van der Waals surface area contributed by atoms with E-state index in [0.717, 1.165) is 56.9 Å². The van der Waals surface area contributed by atoms with Crippen molar-refractivity contribution < 1.29 is 0 Å². The zero-order chi connectivity index (χ0) is 84.8. The highest BCUT2D eigenvalue weighted by atomic mass is 32.1. The summed E-state index contributed by atoms with van der Waals surface area (Å²) in [5.41, 5.74) is 29.4. The first-order valence-corrected chi connectivity index (χ1v) is 45.1. The molecule has 0 unspecified atom stereocenters. The van der Waals surface area contributed by atoms with Crippen molar-refractivity contribution in [1.29, 1.82) is 0 Å². The molecule has 0 spiro atoms. The lowest BCUT2D eigenvalue weighted by Crippen LogP contribution is -2.13. The molecule has 0 atom stereocenters. The van der Waals surface area contributed by atoms with Gasteiger partial charge in [0.2, 0.25) is 0 Å². The highest BCUT2D eigenvalue weighted by Gasteiger charge is 2.26. The van der Waals surface area contributed by atoms with Gasteiger partial charge in [-0.1, -0.05) is 345 Å². The first kappa shape index (κ1) is 77.4. The SMILES string of the molecule is Cc1cc(C)c(N(c2ccccc2)c2ccc3c(c2)sc2c4ccc(-c5ccc(N(c6ccccc6)c6ccccc6-c6ccccc6)cc5)cc4c4ccccc4c32)c(C)c1.c1ccc(-c2ccccc2N(c2ccccc2)c2ccc(-c3ccc4c(c3)c3ccccc3c3c5ccc(N(c6ccccc6)c6ccccc6-c6ccccc6)cc5sc43)cc2)cc1. The van der Waals surface area contributed by atoms with E-state index in [1.54, 1.807) is 0 Å². The van der Waals surface area contributed by atoms with E-state index in [1.807, 2.05) is 22.7 Å². The summed E-state index contributed by atoms with van der Waals surface area (Å²) in [7, 11) is 0. The minimum absolute atomic E-state index is 1.11. The van der Waals surface area contributed by atoms with Crippen molar-refractivity contribution in [1.82, 2.24) is 0 Å². The standard InChI is InChI=1S/C62H42N2S.C59H44N2S/c1-5-19-44(20-6-1)51-27-15-17-31-58(51)63(47-23-9-3-10-24-47)49-36-33-43(34-37-49)46-35-39-55-57(41-46)53-29-13-14-30-54(53)61-56-40-38-50(42-60(56)65-62(55)61)64(48-25-11-4-12-26-48)59-32-18-16-28-52(59)45-21-7-2-8-22-45;1-39-35-40(2)58(41(3)36-39)61(46-21-11-6-12-22-46)48-32-34-53-56(38-48)62-59-52-33-29-44(37-54(52)50-24-13-14-25-51(50)57(53)59)42-27-30-47(31-28-42)60(45-19-9-5-10-20-45)55-26-16-15-23-49(55)43-17-7-4-8-18-43/h1-42H;4-38H,1-3H3. The zero-order valence-electron chi connectivity index (χ0n) is 70.6. The van der Waals surface area contributed by atoms with Gasteiger partial charge >= 0.3 is 0 Å². The smallest absolute Gasteiger partial charge is 0.0540 e. The van der Waals surface area contributed by atoms with Gasteiger partial charge in [0.15, 0.2) is 0 Å². The minimum Gasteiger partial charge on any atom is -0.310 e. The number of aryl methyl sites for hydroxylation is 3. The predicted octanol–water partition coefficient (Wildman–Crippen LogP) is 35.9. The van der Waals surface area contributed by atoms with Crippen LogP contribution in [0.4, 0.5) is 68.2 Å². The van der Waals surface area contributed by atoms with Crippen LogP contribution >= 0.6 is 22.7 Å². The molecule has 0 bridgehead atoms. The van der Waals surface area contributed by atoms with Crippen LogP contribution in [0.1, 0.15) is 16.7 Å². The molecule has 23 rings (SSSR count). The van der Waals surface area contributed by atoms with Crippen LogP contribution in [0.25, 0.3) is 139 Å². The highest BCUT2D eigenvalue weighted by molar-refractivity contribution is 7.27. The lowest BCUT2D eigenvalue weighted by Gasteiger charge is -2.29. The quantitative estimate of drug-likeness (QED) is 0.0843. The molecule has 2 heterocycles. The third kappa shape index (κ3) is 14.4. The lowest BCUT2D eigenvalue weighted by atomic mass is 9.94. The van der Waals surface area contributed by atoms with Crippen LogP contribution in [0, 0.1) is 20.8 Å². The number of rotatable bonds is 17. The molecule has 0 aliphatic rings. The van der Waals surface area contributed by atoms with E-state index in [9.17, 15) is 0 Å². The van der Waals surface area contributed by atoms with Gasteiger partial charge in [-0.2, -0.15) is 0 Å². The van der Waals surface area contributed by atoms with Crippen molar-refractivity contribution in [2.45, 2.75) is 20.8 Å². The van der Waals surface area contributed by atoms with Crippen LogP contribution in [0.2, 0.25) is 0 Å². The number of thiophene rings is 2. The van der Waals surface area contributed by atoms with Crippen LogP contribution in [0.3, 0.4) is 0 Å². The molecule has 6 heteroatoms. The number of fused-ring (bicyclic) bond motifs is 16. The summed E-state index contributed by atoms with van der Waals surface area (Å²) < 4.78 is 5.20. The molecule has 0 N–H and O–H groups in total. The van der Waals surface area contributed by atoms with Crippen molar-refractivity contribution in [3.63, 3.8) is 0 Å². The van der Waals surface area contributed by atoms with Crippen molar-refractivity contribution in [3.8, 4) is 55.6 Å². The first-order valence-electron chi connectivity index (χ1n) is 43.5. The molecule has 0 fully saturated rings. The molecular formula is C121H86N4S2. The lowest BCUT2D eigenvalue weighted by molar-refractivity contribution is 1.21. The van der Waals surface area contributed by atoms with E-state index in [0.29, 0.717) is 0 Å². The van der Waals surface area contributed by atoms with Gasteiger partial charge in [-0.3, -0.25) is 0 Å². The second-order valence-corrected chi connectivity index (χ2v) is 34.9. The van der Waals surface area contributed by atoms with E-state index < -0.39 is 0 Å². The molecular weight excluding hydrogens is 1570 g/mol. The van der Waals surface area contributed by atoms with Crippen LogP contribution in [0.5, 0.6) is 0 Å². The molecule has 0 aliphatic heterocycles. The summed E-state index contributed by atoms with van der Waals surface area (Å²) in [6, 6.07) is 170. The number of para-hydroxylation sites is 7. The Bertz CT molecular complexity index is 8000. The second kappa shape index (κ2) is 33.5. The number of hydrogen-bond acceptors (Lipinski definition) is 6. The van der Waals surface area contributed by atoms with Crippen LogP contribution in [-0.2, 0) is 0 Å². The van der Waals surface area contributed by atoms with Crippen molar-refractivity contribution in [2.75, 3.05) is 19.6 Å². The molecule has 602 valence electrons. The molecule has 0 radical (unpaired) electrons. The maximum absolute atomic E-state index is 2.43. The van der Waals surface area contributed by atoms with Gasteiger partial charge in [0.1, 0.15) is 0 Å². The summed E-state index contributed by atoms with van der Waals surface area (Å²) in [5.74, 6) is 0. The maximum atomic E-state index is 2.43. The fraction of sp³-hybridized carbons (Fsp3) is 0.0248. The molecule has 0 saturated carbocycles. The fourth-order valence-corrected chi connectivity index (χ4v) is 21.8. The number of anilines is 12. The van der Waals surface area contributed by atoms with Gasteiger partial charge in [-0.05, 0) is 231 Å². The monoisotopic (exact) mass is 1660 g/mol. The van der Waals surface area contributed by atoms with E-state index in [1.165, 1.54) is 167 Å². The van der Waals surface area contributed by atoms with Gasteiger partial charge in [0.05, 0.1) is 22.7 Å². The predicted molar refractivity (Wildman–Crippen MR) is 549 cm³/mol. The minimum atomic E-state index is 1.11. The normalized spacial score (nSPS) is 11.4. The number of hydrogen-bond donors (Lipinski definition) is 0. The summed E-state index contributed by atoms with van der Waals surface area (Å²) in [4.78, 5) is 9.57. The summed E-state index contributed by atoms with van der Waals surface area (Å²) in [6.45, 7) is 6.65. The Morgan fingerprint density at radius 1 is 0.173 bits per heavy atom.